The second kappa shape index (κ2) is 11.5. The van der Waals surface area contributed by atoms with Gasteiger partial charge in [0.15, 0.2) is 0 Å². The molecule has 0 bridgehead atoms. The number of carbonyl (C=O) groups is 1. The summed E-state index contributed by atoms with van der Waals surface area (Å²) in [5, 5.41) is 2.71. The highest BCUT2D eigenvalue weighted by molar-refractivity contribution is 7.40. The van der Waals surface area contributed by atoms with E-state index in [1.165, 1.54) is 0 Å². The van der Waals surface area contributed by atoms with Crippen LogP contribution in [0.2, 0.25) is 0 Å². The van der Waals surface area contributed by atoms with Gasteiger partial charge in [-0.2, -0.15) is 0 Å². The third-order valence-electron chi connectivity index (χ3n) is 3.81. The van der Waals surface area contributed by atoms with Crippen LogP contribution in [0.5, 0.6) is 0 Å². The molecule has 2 rings (SSSR count). The maximum absolute atomic E-state index is 12.5. The van der Waals surface area contributed by atoms with Gasteiger partial charge < -0.3 is 14.6 Å². The molecule has 1 amide bonds. The van der Waals surface area contributed by atoms with Crippen LogP contribution in [0.1, 0.15) is 30.9 Å². The predicted molar refractivity (Wildman–Crippen MR) is 104 cm³/mol. The van der Waals surface area contributed by atoms with E-state index in [2.05, 4.69) is 5.32 Å². The number of rotatable bonds is 10. The van der Waals surface area contributed by atoms with Crippen LogP contribution in [0.15, 0.2) is 60.7 Å². The summed E-state index contributed by atoms with van der Waals surface area (Å²) in [4.78, 5) is 12.1. The van der Waals surface area contributed by atoms with Gasteiger partial charge in [0.25, 0.3) is 0 Å². The standard InChI is InChI=1S/C20H26NO4P/c1-2-3-14-25-26(23)19(15-17-10-6-4-7-11-17)21-20(22)24-16-18-12-8-5-9-13-18/h4-13,19,26H,2-3,14-16H2,1H3,(H,21,22)/t19-/m1/s1. The van der Waals surface area contributed by atoms with Gasteiger partial charge >= 0.3 is 6.09 Å². The quantitative estimate of drug-likeness (QED) is 0.480. The topological polar surface area (TPSA) is 64.6 Å². The van der Waals surface area contributed by atoms with Crippen molar-refractivity contribution < 1.29 is 18.6 Å². The van der Waals surface area contributed by atoms with Crippen LogP contribution < -0.4 is 5.32 Å². The van der Waals surface area contributed by atoms with Crippen LogP contribution in [0.4, 0.5) is 4.79 Å². The van der Waals surface area contributed by atoms with Crippen molar-refractivity contribution in [2.45, 2.75) is 38.6 Å². The lowest BCUT2D eigenvalue weighted by molar-refractivity contribution is 0.137. The summed E-state index contributed by atoms with van der Waals surface area (Å²) in [6.07, 6.45) is 1.65. The molecule has 1 unspecified atom stereocenters. The van der Waals surface area contributed by atoms with Gasteiger partial charge in [0, 0.05) is 6.42 Å². The lowest BCUT2D eigenvalue weighted by Crippen LogP contribution is -2.34. The SMILES string of the molecule is CCCCO[PH](=O)[C@H](Cc1ccccc1)NC(=O)OCc1ccccc1. The largest absolute Gasteiger partial charge is 0.445 e. The van der Waals surface area contributed by atoms with Gasteiger partial charge in [0.05, 0.1) is 6.61 Å². The number of alkyl carbamates (subject to hydrolysis) is 1. The zero-order chi connectivity index (χ0) is 18.6. The number of amides is 1. The third-order valence-corrected chi connectivity index (χ3v) is 5.22. The molecule has 6 heteroatoms. The summed E-state index contributed by atoms with van der Waals surface area (Å²) >= 11 is 0. The van der Waals surface area contributed by atoms with E-state index < -0.39 is 19.9 Å². The van der Waals surface area contributed by atoms with Crippen LogP contribution in [0.3, 0.4) is 0 Å². The third kappa shape index (κ3) is 7.42. The summed E-state index contributed by atoms with van der Waals surface area (Å²) < 4.78 is 23.2. The van der Waals surface area contributed by atoms with Crippen LogP contribution in [0, 0.1) is 0 Å². The van der Waals surface area contributed by atoms with E-state index in [1.54, 1.807) is 0 Å². The van der Waals surface area contributed by atoms with Crippen LogP contribution in [-0.2, 0) is 26.9 Å². The number of benzene rings is 2. The Balaban J connectivity index is 1.93. The molecule has 1 N–H and O–H groups in total. The number of unbranched alkanes of at least 4 members (excludes halogenated alkanes) is 1. The molecule has 0 aliphatic rings. The van der Waals surface area contributed by atoms with Crippen molar-refractivity contribution in [1.82, 2.24) is 5.32 Å². The summed E-state index contributed by atoms with van der Waals surface area (Å²) in [7, 11) is -2.44. The Morgan fingerprint density at radius 3 is 2.27 bits per heavy atom. The second-order valence-electron chi connectivity index (χ2n) is 5.97. The zero-order valence-corrected chi connectivity index (χ0v) is 16.0. The molecule has 0 spiro atoms. The van der Waals surface area contributed by atoms with Crippen LogP contribution in [0.25, 0.3) is 0 Å². The first-order valence-electron chi connectivity index (χ1n) is 8.87. The second-order valence-corrected chi connectivity index (χ2v) is 7.59. The van der Waals surface area contributed by atoms with E-state index in [4.69, 9.17) is 9.26 Å². The van der Waals surface area contributed by atoms with E-state index in [0.29, 0.717) is 13.0 Å². The van der Waals surface area contributed by atoms with Gasteiger partial charge in [-0.15, -0.1) is 0 Å². The van der Waals surface area contributed by atoms with E-state index in [-0.39, 0.29) is 6.61 Å². The van der Waals surface area contributed by atoms with Crippen LogP contribution >= 0.6 is 8.03 Å². The summed E-state index contributed by atoms with van der Waals surface area (Å²) in [5.41, 5.74) is 1.88. The van der Waals surface area contributed by atoms with Crippen molar-refractivity contribution in [3.05, 3.63) is 71.8 Å². The van der Waals surface area contributed by atoms with Gasteiger partial charge in [-0.05, 0) is 17.5 Å². The molecule has 2 atom stereocenters. The molecule has 0 aliphatic carbocycles. The minimum absolute atomic E-state index is 0.169. The first kappa shape index (κ1) is 20.2. The molecule has 0 heterocycles. The molecule has 2 aromatic rings. The van der Waals surface area contributed by atoms with E-state index in [9.17, 15) is 9.36 Å². The Bertz CT molecular complexity index is 679. The predicted octanol–water partition coefficient (Wildman–Crippen LogP) is 4.77. The van der Waals surface area contributed by atoms with E-state index in [0.717, 1.165) is 24.0 Å². The average Bonchev–Trinajstić information content (AvgIpc) is 2.67. The average molecular weight is 375 g/mol. The number of carbonyl (C=O) groups excluding carboxylic acids is 1. The molecule has 2 aromatic carbocycles. The maximum atomic E-state index is 12.5. The molecule has 5 nitrogen and oxygen atoms in total. The van der Waals surface area contributed by atoms with E-state index >= 15 is 0 Å². The Morgan fingerprint density at radius 1 is 1.04 bits per heavy atom. The number of ether oxygens (including phenoxy) is 1. The van der Waals surface area contributed by atoms with Crippen molar-refractivity contribution >= 4 is 14.1 Å². The Morgan fingerprint density at radius 2 is 1.65 bits per heavy atom. The Labute approximate surface area is 155 Å². The number of hydrogen-bond donors (Lipinski definition) is 1. The normalized spacial score (nSPS) is 13.0. The van der Waals surface area contributed by atoms with Gasteiger partial charge in [-0.1, -0.05) is 74.0 Å². The van der Waals surface area contributed by atoms with Crippen molar-refractivity contribution in [1.29, 1.82) is 0 Å². The molecule has 0 saturated heterocycles. The fourth-order valence-corrected chi connectivity index (χ4v) is 3.55. The first-order valence-corrected chi connectivity index (χ1v) is 10.3. The van der Waals surface area contributed by atoms with Gasteiger partial charge in [-0.25, -0.2) is 4.79 Å². The summed E-state index contributed by atoms with van der Waals surface area (Å²) in [5.74, 6) is -0.595. The van der Waals surface area contributed by atoms with Crippen LogP contribution in [-0.4, -0.2) is 18.5 Å². The minimum Gasteiger partial charge on any atom is -0.445 e. The molecular weight excluding hydrogens is 349 g/mol. The monoisotopic (exact) mass is 375 g/mol. The molecule has 0 fully saturated rings. The molecule has 0 radical (unpaired) electrons. The lowest BCUT2D eigenvalue weighted by Gasteiger charge is -2.18. The van der Waals surface area contributed by atoms with Crippen molar-refractivity contribution in [3.8, 4) is 0 Å². The Hall–Kier alpha value is -2.10. The number of nitrogens with one attached hydrogen (secondary N) is 1. The Kier molecular flexibility index (Phi) is 8.94. The fraction of sp³-hybridized carbons (Fsp3) is 0.350. The molecular formula is C20H26NO4P. The van der Waals surface area contributed by atoms with Gasteiger partial charge in [-0.3, -0.25) is 4.57 Å². The smallest absolute Gasteiger partial charge is 0.408 e. The lowest BCUT2D eigenvalue weighted by atomic mass is 10.1. The zero-order valence-electron chi connectivity index (χ0n) is 15.0. The molecule has 140 valence electrons. The summed E-state index contributed by atoms with van der Waals surface area (Å²) in [6.45, 7) is 2.64. The summed E-state index contributed by atoms with van der Waals surface area (Å²) in [6, 6.07) is 19.0. The van der Waals surface area contributed by atoms with Gasteiger partial charge in [0.1, 0.15) is 12.4 Å². The fourth-order valence-electron chi connectivity index (χ4n) is 2.37. The van der Waals surface area contributed by atoms with Crippen molar-refractivity contribution in [2.75, 3.05) is 6.61 Å². The molecule has 0 saturated carbocycles. The van der Waals surface area contributed by atoms with E-state index in [1.807, 2.05) is 67.6 Å². The highest BCUT2D eigenvalue weighted by Gasteiger charge is 2.21. The molecule has 26 heavy (non-hydrogen) atoms. The molecule has 0 aromatic heterocycles. The highest BCUT2D eigenvalue weighted by Crippen LogP contribution is 2.30. The van der Waals surface area contributed by atoms with Crippen molar-refractivity contribution in [2.24, 2.45) is 0 Å². The van der Waals surface area contributed by atoms with Gasteiger partial charge in [0.2, 0.25) is 8.03 Å². The van der Waals surface area contributed by atoms with Crippen molar-refractivity contribution in [3.63, 3.8) is 0 Å². The first-order chi connectivity index (χ1) is 12.7. The highest BCUT2D eigenvalue weighted by atomic mass is 31.1. The number of hydrogen-bond acceptors (Lipinski definition) is 4. The minimum atomic E-state index is -2.44. The maximum Gasteiger partial charge on any atom is 0.408 e. The molecule has 0 aliphatic heterocycles.